The van der Waals surface area contributed by atoms with Gasteiger partial charge in [0.25, 0.3) is 5.91 Å². The van der Waals surface area contributed by atoms with E-state index in [2.05, 4.69) is 6.92 Å². The number of carbonyl (C=O) groups is 3. The number of anilines is 2. The number of amides is 2. The molecule has 0 bridgehead atoms. The van der Waals surface area contributed by atoms with Gasteiger partial charge in [-0.15, -0.1) is 0 Å². The van der Waals surface area contributed by atoms with E-state index in [1.165, 1.54) is 4.90 Å². The highest BCUT2D eigenvalue weighted by atomic mass is 16.7. The van der Waals surface area contributed by atoms with Gasteiger partial charge in [0, 0.05) is 0 Å². The first kappa shape index (κ1) is 27.2. The second-order valence-electron chi connectivity index (χ2n) is 10.2. The monoisotopic (exact) mass is 562 g/mol. The van der Waals surface area contributed by atoms with Crippen molar-refractivity contribution in [3.05, 3.63) is 120 Å². The standard InChI is InChI=1S/C34H30N2O6/c1-2-3-22-40-27-20-16-25(17-21-27)35-32(37)29-30(36(42-31(29)33(35)38)26-12-8-5-9-13-26)23-14-18-28(19-15-23)41-34(39)24-10-6-4-7-11-24/h4-21,29-31H,2-3,22H2,1H3/t29-,30+,31+/m1/s1. The maximum absolute atomic E-state index is 13.9. The normalized spacial score (nSPS) is 19.6. The van der Waals surface area contributed by atoms with Crippen LogP contribution in [0.1, 0.15) is 41.7 Å². The van der Waals surface area contributed by atoms with Crippen LogP contribution in [-0.4, -0.2) is 30.5 Å². The molecule has 8 nitrogen and oxygen atoms in total. The number of benzene rings is 4. The van der Waals surface area contributed by atoms with Crippen molar-refractivity contribution >= 4 is 29.2 Å². The number of ether oxygens (including phenoxy) is 2. The van der Waals surface area contributed by atoms with Crippen LogP contribution in [0.5, 0.6) is 11.5 Å². The lowest BCUT2D eigenvalue weighted by molar-refractivity contribution is -0.126. The van der Waals surface area contributed by atoms with Gasteiger partial charge in [0.2, 0.25) is 5.91 Å². The Bertz CT molecular complexity index is 1560. The molecule has 0 radical (unpaired) electrons. The van der Waals surface area contributed by atoms with E-state index in [-0.39, 0.29) is 5.91 Å². The second-order valence-corrected chi connectivity index (χ2v) is 10.2. The minimum absolute atomic E-state index is 0.340. The Morgan fingerprint density at radius 3 is 2.07 bits per heavy atom. The van der Waals surface area contributed by atoms with Gasteiger partial charge in [0.05, 0.1) is 29.6 Å². The molecule has 0 aromatic heterocycles. The number of imide groups is 1. The Balaban J connectivity index is 1.27. The van der Waals surface area contributed by atoms with Crippen LogP contribution in [0, 0.1) is 5.92 Å². The first-order chi connectivity index (χ1) is 20.5. The lowest BCUT2D eigenvalue weighted by Gasteiger charge is -2.28. The zero-order valence-corrected chi connectivity index (χ0v) is 23.1. The van der Waals surface area contributed by atoms with Crippen LogP contribution in [0.15, 0.2) is 109 Å². The van der Waals surface area contributed by atoms with Crippen LogP contribution in [0.4, 0.5) is 11.4 Å². The van der Waals surface area contributed by atoms with E-state index in [4.69, 9.17) is 14.3 Å². The number of hydrogen-bond donors (Lipinski definition) is 0. The van der Waals surface area contributed by atoms with E-state index in [9.17, 15) is 14.4 Å². The minimum Gasteiger partial charge on any atom is -0.494 e. The van der Waals surface area contributed by atoms with Crippen molar-refractivity contribution < 1.29 is 28.7 Å². The van der Waals surface area contributed by atoms with Crippen LogP contribution < -0.4 is 19.4 Å². The first-order valence-electron chi connectivity index (χ1n) is 14.0. The average Bonchev–Trinajstić information content (AvgIpc) is 3.54. The maximum atomic E-state index is 13.9. The molecule has 42 heavy (non-hydrogen) atoms. The molecule has 2 fully saturated rings. The molecule has 0 unspecified atom stereocenters. The highest BCUT2D eigenvalue weighted by Crippen LogP contribution is 2.47. The predicted octanol–water partition coefficient (Wildman–Crippen LogP) is 6.14. The summed E-state index contributed by atoms with van der Waals surface area (Å²) in [6, 6.07) is 31.5. The summed E-state index contributed by atoms with van der Waals surface area (Å²) in [7, 11) is 0. The molecule has 4 aromatic carbocycles. The minimum atomic E-state index is -0.987. The third kappa shape index (κ3) is 5.24. The molecule has 0 saturated carbocycles. The molecule has 0 N–H and O–H groups in total. The Morgan fingerprint density at radius 2 is 1.40 bits per heavy atom. The lowest BCUT2D eigenvalue weighted by atomic mass is 9.90. The summed E-state index contributed by atoms with van der Waals surface area (Å²) in [5.41, 5.74) is 2.38. The first-order valence-corrected chi connectivity index (χ1v) is 14.0. The van der Waals surface area contributed by atoms with Gasteiger partial charge in [0.15, 0.2) is 6.10 Å². The quantitative estimate of drug-likeness (QED) is 0.105. The Morgan fingerprint density at radius 1 is 0.762 bits per heavy atom. The zero-order chi connectivity index (χ0) is 29.1. The fraction of sp³-hybridized carbons (Fsp3) is 0.206. The molecule has 2 heterocycles. The number of rotatable bonds is 9. The van der Waals surface area contributed by atoms with Gasteiger partial charge < -0.3 is 9.47 Å². The molecule has 0 spiro atoms. The van der Waals surface area contributed by atoms with E-state index < -0.39 is 29.9 Å². The van der Waals surface area contributed by atoms with Gasteiger partial charge in [-0.2, -0.15) is 0 Å². The van der Waals surface area contributed by atoms with Crippen LogP contribution in [0.2, 0.25) is 0 Å². The van der Waals surface area contributed by atoms with E-state index in [1.807, 2.05) is 36.4 Å². The number of fused-ring (bicyclic) bond motifs is 1. The molecule has 212 valence electrons. The molecular formula is C34H30N2O6. The molecule has 4 aromatic rings. The highest BCUT2D eigenvalue weighted by molar-refractivity contribution is 6.24. The van der Waals surface area contributed by atoms with Crippen molar-refractivity contribution in [1.82, 2.24) is 0 Å². The maximum Gasteiger partial charge on any atom is 0.343 e. The fourth-order valence-electron chi connectivity index (χ4n) is 5.31. The van der Waals surface area contributed by atoms with Crippen molar-refractivity contribution in [1.29, 1.82) is 0 Å². The number of unbranched alkanes of at least 4 members (excludes halogenated alkanes) is 1. The third-order valence-corrected chi connectivity index (χ3v) is 7.43. The molecule has 6 rings (SSSR count). The fourth-order valence-corrected chi connectivity index (χ4v) is 5.31. The SMILES string of the molecule is CCCCOc1ccc(N2C(=O)[C@H]3[C@H](ON(c4ccccc4)[C@H]3c3ccc(OC(=O)c4ccccc4)cc3)C2=O)cc1. The molecule has 0 aliphatic carbocycles. The molecule has 8 heteroatoms. The van der Waals surface area contributed by atoms with Gasteiger partial charge in [-0.1, -0.05) is 61.9 Å². The van der Waals surface area contributed by atoms with E-state index in [0.29, 0.717) is 29.4 Å². The lowest BCUT2D eigenvalue weighted by Crippen LogP contribution is -2.37. The molecule has 2 aliphatic heterocycles. The van der Waals surface area contributed by atoms with Crippen LogP contribution in [0.25, 0.3) is 0 Å². The van der Waals surface area contributed by atoms with Gasteiger partial charge in [0.1, 0.15) is 17.4 Å². The van der Waals surface area contributed by atoms with Crippen molar-refractivity contribution in [2.75, 3.05) is 16.6 Å². The number of para-hydroxylation sites is 1. The summed E-state index contributed by atoms with van der Waals surface area (Å²) in [5, 5.41) is 1.64. The molecule has 2 saturated heterocycles. The van der Waals surface area contributed by atoms with Gasteiger partial charge in [-0.25, -0.2) is 14.8 Å². The predicted molar refractivity (Wildman–Crippen MR) is 157 cm³/mol. The number of hydrogen-bond acceptors (Lipinski definition) is 7. The summed E-state index contributed by atoms with van der Waals surface area (Å²) < 4.78 is 11.3. The molecule has 2 amide bonds. The van der Waals surface area contributed by atoms with Crippen molar-refractivity contribution in [2.45, 2.75) is 31.9 Å². The zero-order valence-electron chi connectivity index (χ0n) is 23.1. The molecule has 2 aliphatic rings. The largest absolute Gasteiger partial charge is 0.494 e. The topological polar surface area (TPSA) is 85.4 Å². The average molecular weight is 563 g/mol. The smallest absolute Gasteiger partial charge is 0.343 e. The Kier molecular flexibility index (Phi) is 7.70. The highest BCUT2D eigenvalue weighted by Gasteiger charge is 2.60. The Labute approximate surface area is 244 Å². The second kappa shape index (κ2) is 11.9. The number of carbonyl (C=O) groups excluding carboxylic acids is 3. The van der Waals surface area contributed by atoms with E-state index in [1.54, 1.807) is 77.9 Å². The molecular weight excluding hydrogens is 532 g/mol. The number of hydroxylamine groups is 1. The number of esters is 1. The Hall–Kier alpha value is -4.95. The van der Waals surface area contributed by atoms with Crippen LogP contribution >= 0.6 is 0 Å². The van der Waals surface area contributed by atoms with Gasteiger partial charge in [-0.3, -0.25) is 14.4 Å². The summed E-state index contributed by atoms with van der Waals surface area (Å²) in [6.45, 7) is 2.70. The van der Waals surface area contributed by atoms with E-state index >= 15 is 0 Å². The summed E-state index contributed by atoms with van der Waals surface area (Å²) in [4.78, 5) is 47.5. The van der Waals surface area contributed by atoms with Gasteiger partial charge in [-0.05, 0) is 72.6 Å². The summed E-state index contributed by atoms with van der Waals surface area (Å²) >= 11 is 0. The van der Waals surface area contributed by atoms with Crippen molar-refractivity contribution in [3.8, 4) is 11.5 Å². The number of nitrogens with zero attached hydrogens (tertiary/aromatic N) is 2. The van der Waals surface area contributed by atoms with Crippen LogP contribution in [-0.2, 0) is 14.4 Å². The molecule has 3 atom stereocenters. The summed E-state index contributed by atoms with van der Waals surface area (Å²) in [6.07, 6.45) is 0.987. The summed E-state index contributed by atoms with van der Waals surface area (Å²) in [5.74, 6) is -0.951. The van der Waals surface area contributed by atoms with Gasteiger partial charge >= 0.3 is 5.97 Å². The van der Waals surface area contributed by atoms with Crippen LogP contribution in [0.3, 0.4) is 0 Å². The van der Waals surface area contributed by atoms with Crippen molar-refractivity contribution in [2.24, 2.45) is 5.92 Å². The third-order valence-electron chi connectivity index (χ3n) is 7.43. The van der Waals surface area contributed by atoms with Crippen molar-refractivity contribution in [3.63, 3.8) is 0 Å². The van der Waals surface area contributed by atoms with E-state index in [0.717, 1.165) is 24.1 Å².